The van der Waals surface area contributed by atoms with Crippen LogP contribution in [0.5, 0.6) is 0 Å². The molecule has 1 heterocycles. The molecule has 1 aromatic rings. The number of nitrogens with two attached hydrogens (primary N) is 1. The Morgan fingerprint density at radius 2 is 1.94 bits per heavy atom. The molecule has 0 aromatic heterocycles. The van der Waals surface area contributed by atoms with Gasteiger partial charge in [0, 0.05) is 43.6 Å². The SMILES string of the molecule is CC(C)NC(=O)CN1Cc2cc(C(=O)CCC(=O)N(CCO)C3CCCCC3)ccc2N=C1N. The van der Waals surface area contributed by atoms with Crippen molar-refractivity contribution < 1.29 is 19.5 Å². The summed E-state index contributed by atoms with van der Waals surface area (Å²) in [6.07, 6.45) is 5.52. The zero-order chi connectivity index (χ0) is 24.7. The summed E-state index contributed by atoms with van der Waals surface area (Å²) in [4.78, 5) is 45.7. The second-order valence-corrected chi connectivity index (χ2v) is 9.42. The normalized spacial score (nSPS) is 16.1. The number of carbonyl (C=O) groups is 3. The summed E-state index contributed by atoms with van der Waals surface area (Å²) in [6.45, 7) is 4.49. The molecular formula is C25H37N5O4. The van der Waals surface area contributed by atoms with E-state index in [0.717, 1.165) is 31.2 Å². The molecule has 1 aromatic carbocycles. The number of ketones is 1. The van der Waals surface area contributed by atoms with E-state index in [0.29, 0.717) is 24.3 Å². The highest BCUT2D eigenvalue weighted by molar-refractivity contribution is 5.99. The molecule has 0 atom stereocenters. The number of amides is 2. The minimum Gasteiger partial charge on any atom is -0.395 e. The van der Waals surface area contributed by atoms with Gasteiger partial charge in [-0.3, -0.25) is 14.4 Å². The van der Waals surface area contributed by atoms with Gasteiger partial charge >= 0.3 is 0 Å². The molecule has 1 aliphatic heterocycles. The predicted molar refractivity (Wildman–Crippen MR) is 131 cm³/mol. The maximum atomic E-state index is 12.9. The molecule has 2 aliphatic rings. The Bertz CT molecular complexity index is 924. The Kier molecular flexibility index (Phi) is 9.04. The van der Waals surface area contributed by atoms with Gasteiger partial charge in [-0.1, -0.05) is 19.3 Å². The van der Waals surface area contributed by atoms with Crippen molar-refractivity contribution in [2.75, 3.05) is 19.7 Å². The lowest BCUT2D eigenvalue weighted by Gasteiger charge is -2.34. The van der Waals surface area contributed by atoms with Gasteiger partial charge in [0.15, 0.2) is 11.7 Å². The highest BCUT2D eigenvalue weighted by atomic mass is 16.3. The number of rotatable bonds is 10. The Morgan fingerprint density at radius 3 is 2.62 bits per heavy atom. The molecule has 4 N–H and O–H groups in total. The van der Waals surface area contributed by atoms with Crippen molar-refractivity contribution in [2.45, 2.75) is 77.4 Å². The Labute approximate surface area is 201 Å². The molecule has 3 rings (SSSR count). The predicted octanol–water partition coefficient (Wildman–Crippen LogP) is 2.09. The van der Waals surface area contributed by atoms with Gasteiger partial charge in [0.25, 0.3) is 0 Å². The number of carbonyl (C=O) groups excluding carboxylic acids is 3. The number of aliphatic imine (C=N–C) groups is 1. The molecule has 34 heavy (non-hydrogen) atoms. The number of benzene rings is 1. The van der Waals surface area contributed by atoms with Crippen molar-refractivity contribution >= 4 is 29.2 Å². The van der Waals surface area contributed by atoms with Crippen LogP contribution >= 0.6 is 0 Å². The molecule has 9 nitrogen and oxygen atoms in total. The van der Waals surface area contributed by atoms with E-state index < -0.39 is 0 Å². The first-order valence-corrected chi connectivity index (χ1v) is 12.2. The lowest BCUT2D eigenvalue weighted by atomic mass is 9.93. The van der Waals surface area contributed by atoms with E-state index in [2.05, 4.69) is 10.3 Å². The van der Waals surface area contributed by atoms with E-state index in [-0.39, 0.29) is 61.6 Å². The fourth-order valence-corrected chi connectivity index (χ4v) is 4.67. The average Bonchev–Trinajstić information content (AvgIpc) is 2.81. The van der Waals surface area contributed by atoms with Crippen molar-refractivity contribution in [3.8, 4) is 0 Å². The van der Waals surface area contributed by atoms with E-state index >= 15 is 0 Å². The van der Waals surface area contributed by atoms with Gasteiger partial charge in [-0.25, -0.2) is 4.99 Å². The van der Waals surface area contributed by atoms with Crippen LogP contribution in [0, 0.1) is 0 Å². The van der Waals surface area contributed by atoms with E-state index in [1.54, 1.807) is 28.0 Å². The molecule has 1 aliphatic carbocycles. The van der Waals surface area contributed by atoms with Crippen LogP contribution in [0.25, 0.3) is 0 Å². The topological polar surface area (TPSA) is 128 Å². The number of nitrogens with one attached hydrogen (secondary N) is 1. The second kappa shape index (κ2) is 12.0. The number of Topliss-reactive ketones (excluding diaryl/α,β-unsaturated/α-hetero) is 1. The Morgan fingerprint density at radius 1 is 1.21 bits per heavy atom. The van der Waals surface area contributed by atoms with Crippen LogP contribution in [0.2, 0.25) is 0 Å². The van der Waals surface area contributed by atoms with Crippen molar-refractivity contribution in [3.63, 3.8) is 0 Å². The molecular weight excluding hydrogens is 434 g/mol. The summed E-state index contributed by atoms with van der Waals surface area (Å²) < 4.78 is 0. The molecule has 2 amide bonds. The summed E-state index contributed by atoms with van der Waals surface area (Å²) in [6, 6.07) is 5.42. The summed E-state index contributed by atoms with van der Waals surface area (Å²) in [7, 11) is 0. The largest absolute Gasteiger partial charge is 0.395 e. The quantitative estimate of drug-likeness (QED) is 0.448. The van der Waals surface area contributed by atoms with Gasteiger partial charge in [0.05, 0.1) is 18.8 Å². The van der Waals surface area contributed by atoms with Gasteiger partial charge in [0.2, 0.25) is 11.8 Å². The fourth-order valence-electron chi connectivity index (χ4n) is 4.67. The number of aliphatic hydroxyl groups excluding tert-OH is 1. The fraction of sp³-hybridized carbons (Fsp3) is 0.600. The molecule has 186 valence electrons. The third-order valence-corrected chi connectivity index (χ3v) is 6.35. The van der Waals surface area contributed by atoms with Crippen LogP contribution in [0.15, 0.2) is 23.2 Å². The lowest BCUT2D eigenvalue weighted by Crippen LogP contribution is -2.46. The van der Waals surface area contributed by atoms with E-state index in [4.69, 9.17) is 5.73 Å². The first kappa shape index (κ1) is 25.7. The maximum absolute atomic E-state index is 12.9. The van der Waals surface area contributed by atoms with Crippen molar-refractivity contribution in [3.05, 3.63) is 29.3 Å². The summed E-state index contributed by atoms with van der Waals surface area (Å²) in [5.41, 5.74) is 8.04. The Hall–Kier alpha value is -2.94. The Balaban J connectivity index is 1.61. The van der Waals surface area contributed by atoms with Crippen molar-refractivity contribution in [1.29, 1.82) is 0 Å². The van der Waals surface area contributed by atoms with Crippen LogP contribution in [-0.2, 0) is 16.1 Å². The van der Waals surface area contributed by atoms with Crippen LogP contribution < -0.4 is 11.1 Å². The van der Waals surface area contributed by atoms with E-state index in [9.17, 15) is 19.5 Å². The molecule has 0 bridgehead atoms. The van der Waals surface area contributed by atoms with Crippen LogP contribution in [0.1, 0.15) is 74.7 Å². The summed E-state index contributed by atoms with van der Waals surface area (Å²) in [5, 5.41) is 12.2. The molecule has 9 heteroatoms. The third kappa shape index (κ3) is 6.79. The second-order valence-electron chi connectivity index (χ2n) is 9.42. The van der Waals surface area contributed by atoms with Gasteiger partial charge in [0.1, 0.15) is 0 Å². The molecule has 0 radical (unpaired) electrons. The molecule has 0 unspecified atom stereocenters. The summed E-state index contributed by atoms with van der Waals surface area (Å²) >= 11 is 0. The zero-order valence-electron chi connectivity index (χ0n) is 20.3. The maximum Gasteiger partial charge on any atom is 0.239 e. The highest BCUT2D eigenvalue weighted by Crippen LogP contribution is 2.27. The number of nitrogens with zero attached hydrogens (tertiary/aromatic N) is 3. The lowest BCUT2D eigenvalue weighted by molar-refractivity contribution is -0.134. The van der Waals surface area contributed by atoms with Crippen LogP contribution in [0.4, 0.5) is 5.69 Å². The van der Waals surface area contributed by atoms with Crippen LogP contribution in [-0.4, -0.2) is 70.2 Å². The standard InChI is InChI=1S/C25H37N5O4/c1-17(2)27-23(33)16-29-15-19-14-18(8-9-21(19)28-25(29)26)22(32)10-11-24(34)30(12-13-31)20-6-4-3-5-7-20/h8-9,14,17,20,31H,3-7,10-13,15-16H2,1-2H3,(H2,26,28)(H,27,33). The average molecular weight is 472 g/mol. The van der Waals surface area contributed by atoms with Gasteiger partial charge < -0.3 is 26.0 Å². The van der Waals surface area contributed by atoms with Crippen LogP contribution in [0.3, 0.4) is 0 Å². The number of aliphatic hydroxyl groups is 1. The number of hydrogen-bond donors (Lipinski definition) is 3. The monoisotopic (exact) mass is 471 g/mol. The summed E-state index contributed by atoms with van der Waals surface area (Å²) in [5.74, 6) is -0.0714. The van der Waals surface area contributed by atoms with Crippen molar-refractivity contribution in [1.82, 2.24) is 15.1 Å². The number of hydrogen-bond acceptors (Lipinski definition) is 7. The minimum atomic E-state index is -0.146. The smallest absolute Gasteiger partial charge is 0.239 e. The third-order valence-electron chi connectivity index (χ3n) is 6.35. The van der Waals surface area contributed by atoms with E-state index in [1.807, 2.05) is 13.8 Å². The minimum absolute atomic E-state index is 0.0288. The first-order valence-electron chi connectivity index (χ1n) is 12.2. The highest BCUT2D eigenvalue weighted by Gasteiger charge is 2.26. The molecule has 1 fully saturated rings. The van der Waals surface area contributed by atoms with E-state index in [1.165, 1.54) is 6.42 Å². The first-order chi connectivity index (χ1) is 16.3. The number of guanidine groups is 1. The van der Waals surface area contributed by atoms with Gasteiger partial charge in [-0.2, -0.15) is 0 Å². The van der Waals surface area contributed by atoms with Gasteiger partial charge in [-0.15, -0.1) is 0 Å². The van der Waals surface area contributed by atoms with Gasteiger partial charge in [-0.05, 0) is 50.5 Å². The molecule has 1 saturated carbocycles. The molecule has 0 saturated heterocycles. The molecule has 0 spiro atoms. The van der Waals surface area contributed by atoms with Crippen molar-refractivity contribution in [2.24, 2.45) is 10.7 Å². The zero-order valence-corrected chi connectivity index (χ0v) is 20.3. The number of fused-ring (bicyclic) bond motifs is 1.